The van der Waals surface area contributed by atoms with Gasteiger partial charge in [-0.3, -0.25) is 9.69 Å². The fourth-order valence-electron chi connectivity index (χ4n) is 2.50. The maximum atomic E-state index is 11.2. The second-order valence-electron chi connectivity index (χ2n) is 4.97. The summed E-state index contributed by atoms with van der Waals surface area (Å²) in [6, 6.07) is 8.53. The molecule has 0 radical (unpaired) electrons. The van der Waals surface area contributed by atoms with Gasteiger partial charge in [0.15, 0.2) is 0 Å². The van der Waals surface area contributed by atoms with E-state index < -0.39 is 0 Å². The molecule has 1 heterocycles. The molecule has 0 aliphatic carbocycles. The van der Waals surface area contributed by atoms with Crippen LogP contribution in [0, 0.1) is 12.8 Å². The molecule has 1 aliphatic rings. The lowest BCUT2D eigenvalue weighted by molar-refractivity contribution is -0.123. The fourth-order valence-corrected chi connectivity index (χ4v) is 2.50. The van der Waals surface area contributed by atoms with Gasteiger partial charge in [0.05, 0.1) is 5.92 Å². The zero-order chi connectivity index (χ0) is 12.3. The number of hydrogen-bond acceptors (Lipinski definition) is 2. The summed E-state index contributed by atoms with van der Waals surface area (Å²) in [7, 11) is 0. The van der Waals surface area contributed by atoms with Crippen molar-refractivity contribution >= 4 is 5.91 Å². The van der Waals surface area contributed by atoms with E-state index in [0.29, 0.717) is 0 Å². The van der Waals surface area contributed by atoms with Crippen LogP contribution in [-0.2, 0) is 11.3 Å². The minimum Gasteiger partial charge on any atom is -0.369 e. The minimum absolute atomic E-state index is 0.0357. The van der Waals surface area contributed by atoms with Crippen molar-refractivity contribution in [2.24, 2.45) is 11.7 Å². The predicted molar refractivity (Wildman–Crippen MR) is 68.4 cm³/mol. The van der Waals surface area contributed by atoms with Crippen LogP contribution >= 0.6 is 0 Å². The molecule has 1 atom stereocenters. The molecule has 1 amide bonds. The highest BCUT2D eigenvalue weighted by molar-refractivity contribution is 5.76. The van der Waals surface area contributed by atoms with Crippen molar-refractivity contribution < 1.29 is 4.79 Å². The first-order valence-corrected chi connectivity index (χ1v) is 6.22. The van der Waals surface area contributed by atoms with Gasteiger partial charge in [0.25, 0.3) is 0 Å². The van der Waals surface area contributed by atoms with Crippen molar-refractivity contribution in [1.82, 2.24) is 4.90 Å². The molecule has 92 valence electrons. The molecule has 1 aromatic carbocycles. The average molecular weight is 232 g/mol. The number of aryl methyl sites for hydroxylation is 1. The number of carbonyl (C=O) groups excluding carboxylic acids is 1. The number of nitrogens with two attached hydrogens (primary N) is 1. The molecule has 1 aliphatic heterocycles. The van der Waals surface area contributed by atoms with Crippen LogP contribution in [0.1, 0.15) is 24.0 Å². The second-order valence-corrected chi connectivity index (χ2v) is 4.97. The first kappa shape index (κ1) is 12.1. The van der Waals surface area contributed by atoms with Crippen molar-refractivity contribution in [2.45, 2.75) is 26.3 Å². The maximum absolute atomic E-state index is 11.2. The zero-order valence-electron chi connectivity index (χ0n) is 10.4. The quantitative estimate of drug-likeness (QED) is 0.862. The number of benzene rings is 1. The number of rotatable bonds is 3. The standard InChI is InChI=1S/C14H20N2O/c1-11-4-2-5-12(8-11)9-16-7-3-6-13(10-16)14(15)17/h2,4-5,8,13H,3,6-7,9-10H2,1H3,(H2,15,17). The molecule has 1 saturated heterocycles. The van der Waals surface area contributed by atoms with E-state index in [4.69, 9.17) is 5.73 Å². The second kappa shape index (κ2) is 5.32. The molecular formula is C14H20N2O. The largest absolute Gasteiger partial charge is 0.369 e. The Labute approximate surface area is 103 Å². The Morgan fingerprint density at radius 1 is 1.53 bits per heavy atom. The van der Waals surface area contributed by atoms with Crippen LogP contribution in [0.25, 0.3) is 0 Å². The molecule has 2 N–H and O–H groups in total. The monoisotopic (exact) mass is 232 g/mol. The lowest BCUT2D eigenvalue weighted by Gasteiger charge is -2.31. The van der Waals surface area contributed by atoms with Crippen molar-refractivity contribution in [3.05, 3.63) is 35.4 Å². The van der Waals surface area contributed by atoms with E-state index in [2.05, 4.69) is 36.1 Å². The summed E-state index contributed by atoms with van der Waals surface area (Å²) in [5.74, 6) is -0.118. The fraction of sp³-hybridized carbons (Fsp3) is 0.500. The van der Waals surface area contributed by atoms with Gasteiger partial charge in [-0.2, -0.15) is 0 Å². The molecule has 1 unspecified atom stereocenters. The van der Waals surface area contributed by atoms with Gasteiger partial charge in [0.1, 0.15) is 0 Å². The van der Waals surface area contributed by atoms with E-state index in [1.165, 1.54) is 11.1 Å². The molecule has 0 bridgehead atoms. The molecule has 0 spiro atoms. The van der Waals surface area contributed by atoms with E-state index in [1.54, 1.807) is 0 Å². The predicted octanol–water partition coefficient (Wildman–Crippen LogP) is 1.69. The summed E-state index contributed by atoms with van der Waals surface area (Å²) < 4.78 is 0. The Hall–Kier alpha value is -1.35. The van der Waals surface area contributed by atoms with Crippen molar-refractivity contribution in [1.29, 1.82) is 0 Å². The minimum atomic E-state index is -0.154. The summed E-state index contributed by atoms with van der Waals surface area (Å²) >= 11 is 0. The van der Waals surface area contributed by atoms with E-state index in [9.17, 15) is 4.79 Å². The van der Waals surface area contributed by atoms with Crippen molar-refractivity contribution in [3.63, 3.8) is 0 Å². The van der Waals surface area contributed by atoms with E-state index in [1.807, 2.05) is 0 Å². The summed E-state index contributed by atoms with van der Waals surface area (Å²) in [5, 5.41) is 0. The number of carbonyl (C=O) groups is 1. The van der Waals surface area contributed by atoms with Gasteiger partial charge in [-0.25, -0.2) is 0 Å². The Bertz CT molecular complexity index is 403. The zero-order valence-corrected chi connectivity index (χ0v) is 10.4. The van der Waals surface area contributed by atoms with Crippen molar-refractivity contribution in [2.75, 3.05) is 13.1 Å². The summed E-state index contributed by atoms with van der Waals surface area (Å²) in [6.45, 7) is 4.90. The number of piperidine rings is 1. The molecule has 3 nitrogen and oxygen atoms in total. The molecule has 2 rings (SSSR count). The van der Waals surface area contributed by atoms with E-state index in [-0.39, 0.29) is 11.8 Å². The van der Waals surface area contributed by atoms with Gasteiger partial charge in [0.2, 0.25) is 5.91 Å². The van der Waals surface area contributed by atoms with Gasteiger partial charge < -0.3 is 5.73 Å². The summed E-state index contributed by atoms with van der Waals surface area (Å²) in [5.41, 5.74) is 7.98. The van der Waals surface area contributed by atoms with Gasteiger partial charge >= 0.3 is 0 Å². The van der Waals surface area contributed by atoms with E-state index >= 15 is 0 Å². The van der Waals surface area contributed by atoms with Gasteiger partial charge in [-0.05, 0) is 31.9 Å². The van der Waals surface area contributed by atoms with Gasteiger partial charge in [0, 0.05) is 13.1 Å². The molecule has 0 aromatic heterocycles. The van der Waals surface area contributed by atoms with Crippen LogP contribution in [0.4, 0.5) is 0 Å². The Morgan fingerprint density at radius 2 is 2.35 bits per heavy atom. The van der Waals surface area contributed by atoms with Crippen LogP contribution in [0.5, 0.6) is 0 Å². The van der Waals surface area contributed by atoms with Gasteiger partial charge in [-0.15, -0.1) is 0 Å². The molecule has 17 heavy (non-hydrogen) atoms. The Kier molecular flexibility index (Phi) is 3.79. The first-order valence-electron chi connectivity index (χ1n) is 6.22. The summed E-state index contributed by atoms with van der Waals surface area (Å²) in [4.78, 5) is 13.5. The normalized spacial score (nSPS) is 21.4. The first-order chi connectivity index (χ1) is 8.15. The average Bonchev–Trinajstić information content (AvgIpc) is 2.29. The number of hydrogen-bond donors (Lipinski definition) is 1. The lowest BCUT2D eigenvalue weighted by Crippen LogP contribution is -2.40. The van der Waals surface area contributed by atoms with Crippen LogP contribution in [-0.4, -0.2) is 23.9 Å². The third-order valence-electron chi connectivity index (χ3n) is 3.40. The Balaban J connectivity index is 1.97. The maximum Gasteiger partial charge on any atom is 0.221 e. The number of nitrogens with zero attached hydrogens (tertiary/aromatic N) is 1. The molecule has 1 aromatic rings. The smallest absolute Gasteiger partial charge is 0.221 e. The highest BCUT2D eigenvalue weighted by atomic mass is 16.1. The highest BCUT2D eigenvalue weighted by Crippen LogP contribution is 2.18. The van der Waals surface area contributed by atoms with Crippen molar-refractivity contribution in [3.8, 4) is 0 Å². The highest BCUT2D eigenvalue weighted by Gasteiger charge is 2.23. The lowest BCUT2D eigenvalue weighted by atomic mass is 9.97. The third-order valence-corrected chi connectivity index (χ3v) is 3.40. The third kappa shape index (κ3) is 3.30. The number of primary amides is 1. The molecule has 0 saturated carbocycles. The van der Waals surface area contributed by atoms with Crippen LogP contribution < -0.4 is 5.73 Å². The van der Waals surface area contributed by atoms with E-state index in [0.717, 1.165) is 32.5 Å². The molecular weight excluding hydrogens is 212 g/mol. The Morgan fingerprint density at radius 3 is 3.06 bits per heavy atom. The van der Waals surface area contributed by atoms with Crippen LogP contribution in [0.3, 0.4) is 0 Å². The van der Waals surface area contributed by atoms with Crippen LogP contribution in [0.2, 0.25) is 0 Å². The van der Waals surface area contributed by atoms with Crippen LogP contribution in [0.15, 0.2) is 24.3 Å². The SMILES string of the molecule is Cc1cccc(CN2CCCC(C(N)=O)C2)c1. The molecule has 3 heteroatoms. The molecule has 1 fully saturated rings. The number of likely N-dealkylation sites (tertiary alicyclic amines) is 1. The van der Waals surface area contributed by atoms with Gasteiger partial charge in [-0.1, -0.05) is 29.8 Å². The number of amides is 1. The topological polar surface area (TPSA) is 46.3 Å². The summed E-state index contributed by atoms with van der Waals surface area (Å²) in [6.07, 6.45) is 2.01.